The number of likely N-dealkylation sites (tertiary alicyclic amines) is 1. The van der Waals surface area contributed by atoms with Crippen LogP contribution in [0.4, 0.5) is 4.79 Å². The molecule has 2 amide bonds. The van der Waals surface area contributed by atoms with Crippen LogP contribution in [0.2, 0.25) is 0 Å². The fraction of sp³-hybridized carbons (Fsp3) is 0.929. The van der Waals surface area contributed by atoms with E-state index in [2.05, 4.69) is 5.32 Å². The fourth-order valence-electron chi connectivity index (χ4n) is 6.14. The van der Waals surface area contributed by atoms with Gasteiger partial charge >= 0.3 is 6.09 Å². The van der Waals surface area contributed by atoms with Gasteiger partial charge in [-0.1, -0.05) is 44.9 Å². The van der Waals surface area contributed by atoms with E-state index >= 15 is 0 Å². The molecule has 5 N–H and O–H groups in total. The zero-order chi connectivity index (χ0) is 28.9. The van der Waals surface area contributed by atoms with Crippen LogP contribution in [0.5, 0.6) is 0 Å². The molecular weight excluding hydrogens is 524 g/mol. The number of thioether (sulfide) groups is 1. The zero-order valence-electron chi connectivity index (χ0n) is 24.1. The van der Waals surface area contributed by atoms with Crippen molar-refractivity contribution >= 4 is 23.8 Å². The molecule has 3 fully saturated rings. The highest BCUT2D eigenvalue weighted by molar-refractivity contribution is 7.99. The number of rotatable bonds is 8. The lowest BCUT2D eigenvalue weighted by Crippen LogP contribution is -2.66. The van der Waals surface area contributed by atoms with Crippen molar-refractivity contribution in [3.8, 4) is 0 Å². The zero-order valence-corrected chi connectivity index (χ0v) is 24.9. The molecule has 2 saturated heterocycles. The molecule has 0 aromatic heterocycles. The molecule has 0 aromatic carbocycles. The van der Waals surface area contributed by atoms with Crippen LogP contribution in [0, 0.1) is 11.8 Å². The van der Waals surface area contributed by atoms with E-state index in [0.717, 1.165) is 36.9 Å². The number of ether oxygens (including phenoxy) is 2. The number of piperidine rings is 1. The van der Waals surface area contributed by atoms with Crippen LogP contribution in [0.15, 0.2) is 0 Å². The van der Waals surface area contributed by atoms with Crippen molar-refractivity contribution in [1.82, 2.24) is 10.2 Å². The minimum absolute atomic E-state index is 0.278. The van der Waals surface area contributed by atoms with Gasteiger partial charge in [-0.3, -0.25) is 9.69 Å². The lowest BCUT2D eigenvalue weighted by Gasteiger charge is -2.45. The monoisotopic (exact) mass is 574 g/mol. The molecule has 226 valence electrons. The van der Waals surface area contributed by atoms with E-state index in [-0.39, 0.29) is 5.92 Å². The first-order valence-electron chi connectivity index (χ1n) is 14.5. The average Bonchev–Trinajstić information content (AvgIpc) is 2.89. The minimum Gasteiger partial charge on any atom is -0.444 e. The summed E-state index contributed by atoms with van der Waals surface area (Å²) in [7, 11) is 0. The molecule has 2 unspecified atom stereocenters. The van der Waals surface area contributed by atoms with Crippen molar-refractivity contribution in [2.75, 3.05) is 12.8 Å². The molecular formula is C28H50N2O8S. The number of aliphatic hydroxyl groups is 4. The van der Waals surface area contributed by atoms with E-state index in [0.29, 0.717) is 13.0 Å². The Morgan fingerprint density at radius 3 is 2.26 bits per heavy atom. The lowest BCUT2D eigenvalue weighted by atomic mass is 9.80. The molecule has 3 aliphatic rings. The van der Waals surface area contributed by atoms with Crippen LogP contribution in [0.3, 0.4) is 0 Å². The number of nitrogens with one attached hydrogen (secondary N) is 1. The molecule has 0 bridgehead atoms. The molecule has 1 saturated carbocycles. The highest BCUT2D eigenvalue weighted by Gasteiger charge is 2.49. The van der Waals surface area contributed by atoms with Gasteiger partial charge in [-0.25, -0.2) is 4.79 Å². The van der Waals surface area contributed by atoms with Crippen LogP contribution in [-0.4, -0.2) is 104 Å². The second-order valence-electron chi connectivity index (χ2n) is 12.6. The fourth-order valence-corrected chi connectivity index (χ4v) is 6.82. The quantitative estimate of drug-likeness (QED) is 0.295. The Hall–Kier alpha value is -1.11. The van der Waals surface area contributed by atoms with Crippen molar-refractivity contribution < 1.29 is 39.5 Å². The van der Waals surface area contributed by atoms with Gasteiger partial charge in [0.1, 0.15) is 41.5 Å². The van der Waals surface area contributed by atoms with Crippen molar-refractivity contribution in [2.45, 2.75) is 139 Å². The third-order valence-corrected chi connectivity index (χ3v) is 9.23. The lowest BCUT2D eigenvalue weighted by molar-refractivity contribution is -0.211. The molecule has 3 rings (SSSR count). The van der Waals surface area contributed by atoms with Crippen LogP contribution in [0.25, 0.3) is 0 Å². The molecule has 11 heteroatoms. The Labute approximate surface area is 237 Å². The largest absolute Gasteiger partial charge is 0.444 e. The van der Waals surface area contributed by atoms with E-state index in [4.69, 9.17) is 9.47 Å². The highest BCUT2D eigenvalue weighted by atomic mass is 32.2. The molecule has 10 nitrogen and oxygen atoms in total. The van der Waals surface area contributed by atoms with Crippen LogP contribution in [0.1, 0.15) is 85.5 Å². The molecule has 39 heavy (non-hydrogen) atoms. The summed E-state index contributed by atoms with van der Waals surface area (Å²) in [5.74, 6) is 0.539. The Bertz CT molecular complexity index is 801. The maximum absolute atomic E-state index is 13.8. The van der Waals surface area contributed by atoms with Gasteiger partial charge in [-0.2, -0.15) is 0 Å². The summed E-state index contributed by atoms with van der Waals surface area (Å²) in [5, 5.41) is 44.7. The molecule has 2 heterocycles. The molecule has 0 spiro atoms. The average molecular weight is 575 g/mol. The normalized spacial score (nSPS) is 34.3. The van der Waals surface area contributed by atoms with Gasteiger partial charge in [-0.15, -0.1) is 11.8 Å². The summed E-state index contributed by atoms with van der Waals surface area (Å²) in [5.41, 5.74) is -1.56. The predicted octanol–water partition coefficient (Wildman–Crippen LogP) is 2.40. The summed E-state index contributed by atoms with van der Waals surface area (Å²) in [6.45, 7) is 7.20. The second kappa shape index (κ2) is 14.2. The SMILES string of the molecule is CS[C@H]1O[C@H]([C@H](NC(=O)C2CC(CCC3CCCCC3)CCN2C(=O)OC(C)(C)C)[C@H](C)O)[C@H](O)[C@H](O)[C@H]1O. The van der Waals surface area contributed by atoms with Gasteiger partial charge in [0.05, 0.1) is 12.1 Å². The number of carbonyl (C=O) groups is 2. The maximum Gasteiger partial charge on any atom is 0.410 e. The van der Waals surface area contributed by atoms with E-state index in [1.165, 1.54) is 43.9 Å². The van der Waals surface area contributed by atoms with E-state index in [9.17, 15) is 30.0 Å². The Balaban J connectivity index is 1.76. The molecule has 2 aliphatic heterocycles. The number of hydrogen-bond acceptors (Lipinski definition) is 9. The summed E-state index contributed by atoms with van der Waals surface area (Å²) in [4.78, 5) is 28.4. The van der Waals surface area contributed by atoms with Crippen molar-refractivity contribution in [3.05, 3.63) is 0 Å². The number of nitrogens with zero attached hydrogens (tertiary/aromatic N) is 1. The Kier molecular flexibility index (Phi) is 11.8. The van der Waals surface area contributed by atoms with Crippen molar-refractivity contribution in [2.24, 2.45) is 11.8 Å². The van der Waals surface area contributed by atoms with Crippen molar-refractivity contribution in [3.63, 3.8) is 0 Å². The Morgan fingerprint density at radius 1 is 1.03 bits per heavy atom. The highest BCUT2D eigenvalue weighted by Crippen LogP contribution is 2.34. The number of aliphatic hydroxyl groups excluding tert-OH is 4. The first-order chi connectivity index (χ1) is 18.3. The number of hydrogen-bond donors (Lipinski definition) is 5. The minimum atomic E-state index is -1.53. The summed E-state index contributed by atoms with van der Waals surface area (Å²) >= 11 is 1.16. The third kappa shape index (κ3) is 8.69. The maximum atomic E-state index is 13.8. The Morgan fingerprint density at radius 2 is 1.67 bits per heavy atom. The van der Waals surface area contributed by atoms with E-state index in [1.54, 1.807) is 27.0 Å². The first-order valence-corrected chi connectivity index (χ1v) is 15.8. The van der Waals surface area contributed by atoms with Gasteiger partial charge in [-0.05, 0) is 58.6 Å². The number of carbonyl (C=O) groups excluding carboxylic acids is 2. The smallest absolute Gasteiger partial charge is 0.410 e. The van der Waals surface area contributed by atoms with Crippen molar-refractivity contribution in [1.29, 1.82) is 0 Å². The van der Waals surface area contributed by atoms with Gasteiger partial charge < -0.3 is 35.2 Å². The summed E-state index contributed by atoms with van der Waals surface area (Å²) in [6.07, 6.45) is 4.28. The molecule has 0 radical (unpaired) electrons. The summed E-state index contributed by atoms with van der Waals surface area (Å²) < 4.78 is 11.4. The predicted molar refractivity (Wildman–Crippen MR) is 149 cm³/mol. The standard InChI is InChI=1S/C28H50N2O8S/c1-16(31)20(24-22(33)21(32)23(34)26(37-24)39-5)29-25(35)19-15-18(12-11-17-9-7-6-8-10-17)13-14-30(19)27(36)38-28(2,3)4/h16-24,26,31-34H,6-15H2,1-5H3,(H,29,35)/t16-,18?,19?,20+,21-,22+,23+,24+,26+/m0/s1. The van der Waals surface area contributed by atoms with Gasteiger partial charge in [0.2, 0.25) is 5.91 Å². The summed E-state index contributed by atoms with van der Waals surface area (Å²) in [6, 6.07) is -1.88. The van der Waals surface area contributed by atoms with Crippen LogP contribution in [-0.2, 0) is 14.3 Å². The van der Waals surface area contributed by atoms with E-state index in [1.807, 2.05) is 0 Å². The number of amides is 2. The second-order valence-corrected chi connectivity index (χ2v) is 13.5. The molecule has 1 aliphatic carbocycles. The van der Waals surface area contributed by atoms with Gasteiger partial charge in [0, 0.05) is 6.54 Å². The first kappa shape index (κ1) is 32.4. The van der Waals surface area contributed by atoms with Crippen LogP contribution >= 0.6 is 11.8 Å². The molecule has 0 aromatic rings. The topological polar surface area (TPSA) is 149 Å². The van der Waals surface area contributed by atoms with Crippen LogP contribution < -0.4 is 5.32 Å². The molecule has 9 atom stereocenters. The van der Waals surface area contributed by atoms with E-state index < -0.39 is 65.6 Å². The van der Waals surface area contributed by atoms with Gasteiger partial charge in [0.15, 0.2) is 0 Å². The van der Waals surface area contributed by atoms with Gasteiger partial charge in [0.25, 0.3) is 0 Å². The third-order valence-electron chi connectivity index (χ3n) is 8.37.